The van der Waals surface area contributed by atoms with Crippen LogP contribution in [0.25, 0.3) is 6.08 Å². The number of methoxy groups -OCH3 is 1. The molecular weight excluding hydrogens is 442 g/mol. The zero-order chi connectivity index (χ0) is 22.4. The maximum atomic E-state index is 14.1. The molecule has 3 rings (SSSR count). The molecule has 0 spiro atoms. The van der Waals surface area contributed by atoms with E-state index in [1.165, 1.54) is 25.3 Å². The number of rotatable bonds is 6. The molecule has 158 valence electrons. The molecule has 3 aromatic rings. The van der Waals surface area contributed by atoms with E-state index < -0.39 is 17.6 Å². The van der Waals surface area contributed by atoms with Crippen LogP contribution in [0, 0.1) is 5.82 Å². The van der Waals surface area contributed by atoms with Gasteiger partial charge < -0.3 is 15.4 Å². The highest BCUT2D eigenvalue weighted by molar-refractivity contribution is 6.36. The third kappa shape index (κ3) is 5.63. The Morgan fingerprint density at radius 3 is 1.84 bits per heavy atom. The summed E-state index contributed by atoms with van der Waals surface area (Å²) in [4.78, 5) is 25.9. The first kappa shape index (κ1) is 22.3. The SMILES string of the molecule is COc1ccc(C=C(C(=O)Nc2ccccc2Cl)C(=O)Nc2ccccc2Cl)cc1F. The lowest BCUT2D eigenvalue weighted by Gasteiger charge is -2.12. The van der Waals surface area contributed by atoms with Gasteiger partial charge in [-0.1, -0.05) is 53.5 Å². The van der Waals surface area contributed by atoms with E-state index >= 15 is 0 Å². The second kappa shape index (κ2) is 10.1. The standard InChI is InChI=1S/C23H17Cl2FN2O3/c1-31-21-11-10-14(13-18(21)26)12-15(22(29)27-19-8-4-2-6-16(19)24)23(30)28-20-9-5-3-7-17(20)25/h2-13H,1H3,(H,27,29)(H,28,30). The maximum Gasteiger partial charge on any atom is 0.261 e. The van der Waals surface area contributed by atoms with Crippen LogP contribution in [0.3, 0.4) is 0 Å². The van der Waals surface area contributed by atoms with E-state index in [0.717, 1.165) is 6.07 Å². The minimum Gasteiger partial charge on any atom is -0.494 e. The van der Waals surface area contributed by atoms with Crippen molar-refractivity contribution in [1.82, 2.24) is 0 Å². The van der Waals surface area contributed by atoms with Gasteiger partial charge in [-0.05, 0) is 48.0 Å². The summed E-state index contributed by atoms with van der Waals surface area (Å²) in [6, 6.07) is 17.3. The fraction of sp³-hybridized carbons (Fsp3) is 0.0435. The van der Waals surface area contributed by atoms with Crippen molar-refractivity contribution in [1.29, 1.82) is 0 Å². The number of ether oxygens (including phenoxy) is 1. The van der Waals surface area contributed by atoms with Crippen LogP contribution in [-0.4, -0.2) is 18.9 Å². The molecule has 0 aliphatic carbocycles. The molecule has 5 nitrogen and oxygen atoms in total. The lowest BCUT2D eigenvalue weighted by Crippen LogP contribution is -2.25. The first-order valence-corrected chi connectivity index (χ1v) is 9.81. The molecule has 0 bridgehead atoms. The van der Waals surface area contributed by atoms with Gasteiger partial charge in [0.25, 0.3) is 11.8 Å². The average Bonchev–Trinajstić information content (AvgIpc) is 2.75. The Morgan fingerprint density at radius 1 is 0.871 bits per heavy atom. The van der Waals surface area contributed by atoms with E-state index in [1.807, 2.05) is 0 Å². The molecule has 3 aromatic carbocycles. The second-order valence-corrected chi connectivity index (χ2v) is 7.13. The first-order chi connectivity index (χ1) is 14.9. The van der Waals surface area contributed by atoms with E-state index in [1.54, 1.807) is 48.5 Å². The van der Waals surface area contributed by atoms with E-state index in [4.69, 9.17) is 27.9 Å². The third-order valence-corrected chi connectivity index (χ3v) is 4.88. The molecule has 8 heteroatoms. The summed E-state index contributed by atoms with van der Waals surface area (Å²) in [5.74, 6) is -2.05. The molecular formula is C23H17Cl2FN2O3. The largest absolute Gasteiger partial charge is 0.494 e. The van der Waals surface area contributed by atoms with Gasteiger partial charge in [0.15, 0.2) is 11.6 Å². The highest BCUT2D eigenvalue weighted by atomic mass is 35.5. The van der Waals surface area contributed by atoms with Crippen LogP contribution in [0.1, 0.15) is 5.56 Å². The van der Waals surface area contributed by atoms with Crippen molar-refractivity contribution in [3.05, 3.63) is 93.7 Å². The summed E-state index contributed by atoms with van der Waals surface area (Å²) < 4.78 is 19.0. The van der Waals surface area contributed by atoms with Crippen LogP contribution in [0.15, 0.2) is 72.3 Å². The van der Waals surface area contributed by atoms with Gasteiger partial charge in [-0.15, -0.1) is 0 Å². The number of carbonyl (C=O) groups is 2. The van der Waals surface area contributed by atoms with Gasteiger partial charge >= 0.3 is 0 Å². The van der Waals surface area contributed by atoms with Crippen molar-refractivity contribution in [2.75, 3.05) is 17.7 Å². The number of hydrogen-bond donors (Lipinski definition) is 2. The Labute approximate surface area is 188 Å². The Hall–Kier alpha value is -3.35. The van der Waals surface area contributed by atoms with Crippen molar-refractivity contribution in [2.45, 2.75) is 0 Å². The summed E-state index contributed by atoms with van der Waals surface area (Å²) in [5.41, 5.74) is 0.666. The van der Waals surface area contributed by atoms with Gasteiger partial charge in [-0.25, -0.2) is 4.39 Å². The van der Waals surface area contributed by atoms with E-state index in [2.05, 4.69) is 10.6 Å². The van der Waals surface area contributed by atoms with E-state index in [-0.39, 0.29) is 16.9 Å². The van der Waals surface area contributed by atoms with Crippen LogP contribution in [0.5, 0.6) is 5.75 Å². The van der Waals surface area contributed by atoms with Gasteiger partial charge in [0.1, 0.15) is 5.57 Å². The molecule has 0 heterocycles. The number of anilines is 2. The zero-order valence-electron chi connectivity index (χ0n) is 16.3. The summed E-state index contributed by atoms with van der Waals surface area (Å²) in [7, 11) is 1.34. The summed E-state index contributed by atoms with van der Waals surface area (Å²) >= 11 is 12.2. The number of halogens is 3. The summed E-state index contributed by atoms with van der Waals surface area (Å²) in [6.45, 7) is 0. The van der Waals surface area contributed by atoms with E-state index in [9.17, 15) is 14.0 Å². The van der Waals surface area contributed by atoms with Gasteiger partial charge in [0.2, 0.25) is 0 Å². The number of para-hydroxylation sites is 2. The van der Waals surface area contributed by atoms with Crippen molar-refractivity contribution >= 4 is 52.5 Å². The Morgan fingerprint density at radius 2 is 1.39 bits per heavy atom. The molecule has 2 N–H and O–H groups in total. The number of amides is 2. The normalized spacial score (nSPS) is 10.2. The summed E-state index contributed by atoms with van der Waals surface area (Å²) in [6.07, 6.45) is 1.26. The van der Waals surface area contributed by atoms with Crippen LogP contribution < -0.4 is 15.4 Å². The Balaban J connectivity index is 1.97. The predicted molar refractivity (Wildman–Crippen MR) is 121 cm³/mol. The monoisotopic (exact) mass is 458 g/mol. The zero-order valence-corrected chi connectivity index (χ0v) is 17.8. The highest BCUT2D eigenvalue weighted by Crippen LogP contribution is 2.25. The lowest BCUT2D eigenvalue weighted by atomic mass is 10.1. The Bertz CT molecular complexity index is 1100. The first-order valence-electron chi connectivity index (χ1n) is 9.06. The molecule has 0 saturated carbocycles. The molecule has 0 unspecified atom stereocenters. The molecule has 0 aliphatic heterocycles. The molecule has 0 saturated heterocycles. The van der Waals surface area contributed by atoms with E-state index in [0.29, 0.717) is 21.4 Å². The number of hydrogen-bond acceptors (Lipinski definition) is 3. The molecule has 0 aromatic heterocycles. The summed E-state index contributed by atoms with van der Waals surface area (Å²) in [5, 5.41) is 5.80. The number of nitrogens with one attached hydrogen (secondary N) is 2. The Kier molecular flexibility index (Phi) is 7.28. The minimum atomic E-state index is -0.728. The van der Waals surface area contributed by atoms with Crippen molar-refractivity contribution < 1.29 is 18.7 Å². The van der Waals surface area contributed by atoms with Crippen LogP contribution in [-0.2, 0) is 9.59 Å². The molecule has 0 fully saturated rings. The fourth-order valence-corrected chi connectivity index (χ4v) is 3.04. The lowest BCUT2D eigenvalue weighted by molar-refractivity contribution is -0.118. The topological polar surface area (TPSA) is 67.4 Å². The fourth-order valence-electron chi connectivity index (χ4n) is 2.68. The molecule has 0 atom stereocenters. The van der Waals surface area contributed by atoms with Crippen LogP contribution in [0.4, 0.5) is 15.8 Å². The molecule has 31 heavy (non-hydrogen) atoms. The van der Waals surface area contributed by atoms with Gasteiger partial charge in [-0.3, -0.25) is 9.59 Å². The van der Waals surface area contributed by atoms with Gasteiger partial charge in [0.05, 0.1) is 28.5 Å². The van der Waals surface area contributed by atoms with Crippen LogP contribution >= 0.6 is 23.2 Å². The van der Waals surface area contributed by atoms with Crippen molar-refractivity contribution in [3.8, 4) is 5.75 Å². The van der Waals surface area contributed by atoms with Gasteiger partial charge in [0, 0.05) is 0 Å². The van der Waals surface area contributed by atoms with Gasteiger partial charge in [-0.2, -0.15) is 0 Å². The molecule has 2 amide bonds. The second-order valence-electron chi connectivity index (χ2n) is 6.32. The molecule has 0 aliphatic rings. The predicted octanol–water partition coefficient (Wildman–Crippen LogP) is 5.80. The highest BCUT2D eigenvalue weighted by Gasteiger charge is 2.21. The number of carbonyl (C=O) groups excluding carboxylic acids is 2. The maximum absolute atomic E-state index is 14.1. The van der Waals surface area contributed by atoms with Crippen LogP contribution in [0.2, 0.25) is 10.0 Å². The molecule has 0 radical (unpaired) electrons. The minimum absolute atomic E-state index is 0.0414. The quantitative estimate of drug-likeness (QED) is 0.278. The van der Waals surface area contributed by atoms with Crippen molar-refractivity contribution in [3.63, 3.8) is 0 Å². The smallest absolute Gasteiger partial charge is 0.261 e. The number of benzene rings is 3. The third-order valence-electron chi connectivity index (χ3n) is 4.22. The van der Waals surface area contributed by atoms with Crippen molar-refractivity contribution in [2.24, 2.45) is 0 Å². The average molecular weight is 459 g/mol.